The van der Waals surface area contributed by atoms with Gasteiger partial charge in [0, 0.05) is 17.8 Å². The third-order valence-corrected chi connectivity index (χ3v) is 4.04. The van der Waals surface area contributed by atoms with E-state index in [2.05, 4.69) is 10.6 Å². The van der Waals surface area contributed by atoms with Crippen LogP contribution in [0.25, 0.3) is 0 Å². The van der Waals surface area contributed by atoms with Crippen molar-refractivity contribution in [2.24, 2.45) is 0 Å². The Balaban J connectivity index is 1.89. The molecule has 0 bridgehead atoms. The van der Waals surface area contributed by atoms with Gasteiger partial charge in [0.15, 0.2) is 17.3 Å². The molecule has 7 nitrogen and oxygen atoms in total. The highest BCUT2D eigenvalue weighted by Gasteiger charge is 2.14. The lowest BCUT2D eigenvalue weighted by atomic mass is 10.1. The number of ether oxygens (including phenoxy) is 2. The molecule has 0 aliphatic carbocycles. The summed E-state index contributed by atoms with van der Waals surface area (Å²) < 4.78 is 11.1. The molecule has 154 valence electrons. The van der Waals surface area contributed by atoms with Crippen molar-refractivity contribution in [2.45, 2.75) is 27.2 Å². The zero-order chi connectivity index (χ0) is 21.2. The van der Waals surface area contributed by atoms with Gasteiger partial charge in [0.1, 0.15) is 0 Å². The highest BCUT2D eigenvalue weighted by atomic mass is 16.5. The first-order valence-electron chi connectivity index (χ1n) is 9.53. The van der Waals surface area contributed by atoms with Crippen molar-refractivity contribution in [3.63, 3.8) is 0 Å². The summed E-state index contributed by atoms with van der Waals surface area (Å²) in [5, 5.41) is 5.08. The van der Waals surface area contributed by atoms with E-state index < -0.39 is 11.8 Å². The van der Waals surface area contributed by atoms with Crippen LogP contribution in [0.2, 0.25) is 0 Å². The summed E-state index contributed by atoms with van der Waals surface area (Å²) in [6, 6.07) is 12.0. The maximum absolute atomic E-state index is 12.0. The molecular formula is C22H26N2O5. The Morgan fingerprint density at radius 3 is 2.31 bits per heavy atom. The number of hydrogen-bond donors (Lipinski definition) is 2. The summed E-state index contributed by atoms with van der Waals surface area (Å²) in [6.07, 6.45) is 0.533. The molecule has 0 aliphatic rings. The van der Waals surface area contributed by atoms with Crippen molar-refractivity contribution in [1.29, 1.82) is 0 Å². The first kappa shape index (κ1) is 21.9. The fourth-order valence-corrected chi connectivity index (χ4v) is 2.66. The Bertz CT molecular complexity index is 879. The van der Waals surface area contributed by atoms with E-state index in [4.69, 9.17) is 9.47 Å². The van der Waals surface area contributed by atoms with E-state index in [0.717, 1.165) is 5.56 Å². The number of Topliss-reactive ketones (excluding diaryl/α,β-unsaturated/α-hetero) is 1. The van der Waals surface area contributed by atoms with E-state index in [9.17, 15) is 14.4 Å². The molecule has 0 radical (unpaired) electrons. The minimum Gasteiger partial charge on any atom is -0.490 e. The zero-order valence-electron chi connectivity index (χ0n) is 16.9. The van der Waals surface area contributed by atoms with Crippen molar-refractivity contribution in [3.05, 3.63) is 53.6 Å². The van der Waals surface area contributed by atoms with E-state index in [1.807, 2.05) is 32.0 Å². The molecule has 2 aromatic carbocycles. The van der Waals surface area contributed by atoms with Gasteiger partial charge in [-0.25, -0.2) is 0 Å². The molecule has 0 saturated carbocycles. The van der Waals surface area contributed by atoms with Crippen LogP contribution in [0.5, 0.6) is 11.5 Å². The fraction of sp³-hybridized carbons (Fsp3) is 0.318. The number of rotatable bonds is 9. The van der Waals surface area contributed by atoms with E-state index in [1.54, 1.807) is 18.2 Å². The zero-order valence-corrected chi connectivity index (χ0v) is 16.9. The van der Waals surface area contributed by atoms with Gasteiger partial charge in [-0.05, 0) is 57.0 Å². The van der Waals surface area contributed by atoms with Crippen molar-refractivity contribution >= 4 is 23.3 Å². The molecular weight excluding hydrogens is 372 g/mol. The predicted molar refractivity (Wildman–Crippen MR) is 111 cm³/mol. The number of amides is 2. The molecule has 2 N–H and O–H groups in total. The van der Waals surface area contributed by atoms with E-state index in [-0.39, 0.29) is 5.78 Å². The number of carbonyl (C=O) groups excluding carboxylic acids is 3. The van der Waals surface area contributed by atoms with Gasteiger partial charge in [-0.1, -0.05) is 18.2 Å². The quantitative estimate of drug-likeness (QED) is 0.500. The number of anilines is 1. The van der Waals surface area contributed by atoms with Gasteiger partial charge in [-0.3, -0.25) is 14.4 Å². The number of carbonyl (C=O) groups is 3. The molecule has 0 saturated heterocycles. The maximum Gasteiger partial charge on any atom is 0.313 e. The van der Waals surface area contributed by atoms with Gasteiger partial charge in [-0.2, -0.15) is 0 Å². The van der Waals surface area contributed by atoms with Gasteiger partial charge in [0.2, 0.25) is 0 Å². The van der Waals surface area contributed by atoms with E-state index in [1.165, 1.54) is 13.0 Å². The molecule has 2 aromatic rings. The summed E-state index contributed by atoms with van der Waals surface area (Å²) in [5.74, 6) is -0.315. The van der Waals surface area contributed by atoms with E-state index >= 15 is 0 Å². The Kier molecular flexibility index (Phi) is 8.21. The lowest BCUT2D eigenvalue weighted by Crippen LogP contribution is -2.36. The van der Waals surface area contributed by atoms with Crippen molar-refractivity contribution in [3.8, 4) is 11.5 Å². The first-order chi connectivity index (χ1) is 13.9. The van der Waals surface area contributed by atoms with Gasteiger partial charge in [0.05, 0.1) is 13.2 Å². The molecule has 0 atom stereocenters. The molecule has 7 heteroatoms. The summed E-state index contributed by atoms with van der Waals surface area (Å²) in [7, 11) is 0. The molecule has 0 spiro atoms. The van der Waals surface area contributed by atoms with E-state index in [0.29, 0.717) is 48.9 Å². The number of benzene rings is 2. The number of ketones is 1. The Morgan fingerprint density at radius 1 is 0.897 bits per heavy atom. The Morgan fingerprint density at radius 2 is 1.62 bits per heavy atom. The maximum atomic E-state index is 12.0. The molecule has 0 heterocycles. The predicted octanol–water partition coefficient (Wildman–Crippen LogP) is 2.98. The smallest absolute Gasteiger partial charge is 0.313 e. The number of nitrogens with one attached hydrogen (secondary N) is 2. The first-order valence-corrected chi connectivity index (χ1v) is 9.53. The average Bonchev–Trinajstić information content (AvgIpc) is 2.70. The van der Waals surface area contributed by atoms with Crippen LogP contribution in [0, 0.1) is 0 Å². The van der Waals surface area contributed by atoms with Gasteiger partial charge in [-0.15, -0.1) is 0 Å². The van der Waals surface area contributed by atoms with Crippen LogP contribution >= 0.6 is 0 Å². The average molecular weight is 398 g/mol. The topological polar surface area (TPSA) is 93.7 Å². The fourth-order valence-electron chi connectivity index (χ4n) is 2.66. The summed E-state index contributed by atoms with van der Waals surface area (Å²) in [5.41, 5.74) is 1.81. The normalized spacial score (nSPS) is 10.2. The largest absolute Gasteiger partial charge is 0.490 e. The monoisotopic (exact) mass is 398 g/mol. The SMILES string of the molecule is CCOc1ccc(CCNC(=O)C(=O)Nc2cccc(C(C)=O)c2)cc1OCC. The highest BCUT2D eigenvalue weighted by Crippen LogP contribution is 2.28. The molecule has 0 aromatic heterocycles. The van der Waals surface area contributed by atoms with Gasteiger partial charge < -0.3 is 20.1 Å². The molecule has 2 amide bonds. The third-order valence-electron chi connectivity index (χ3n) is 4.04. The van der Waals surface area contributed by atoms with Crippen molar-refractivity contribution in [1.82, 2.24) is 5.32 Å². The summed E-state index contributed by atoms with van der Waals surface area (Å²) in [6.45, 7) is 6.59. The second-order valence-electron chi connectivity index (χ2n) is 6.24. The summed E-state index contributed by atoms with van der Waals surface area (Å²) in [4.78, 5) is 35.5. The minimum atomic E-state index is -0.785. The lowest BCUT2D eigenvalue weighted by molar-refractivity contribution is -0.136. The van der Waals surface area contributed by atoms with Crippen LogP contribution in [0.1, 0.15) is 36.7 Å². The van der Waals surface area contributed by atoms with Crippen LogP contribution in [0.4, 0.5) is 5.69 Å². The molecule has 0 fully saturated rings. The number of hydrogen-bond acceptors (Lipinski definition) is 5. The molecule has 29 heavy (non-hydrogen) atoms. The molecule has 0 aliphatic heterocycles. The van der Waals surface area contributed by atoms with Gasteiger partial charge >= 0.3 is 11.8 Å². The Labute approximate surface area is 170 Å². The molecule has 0 unspecified atom stereocenters. The lowest BCUT2D eigenvalue weighted by Gasteiger charge is -2.12. The second-order valence-corrected chi connectivity index (χ2v) is 6.24. The van der Waals surface area contributed by atoms with Crippen LogP contribution in [0.15, 0.2) is 42.5 Å². The van der Waals surface area contributed by atoms with Gasteiger partial charge in [0.25, 0.3) is 0 Å². The highest BCUT2D eigenvalue weighted by molar-refractivity contribution is 6.39. The van der Waals surface area contributed by atoms with Crippen LogP contribution in [-0.2, 0) is 16.0 Å². The van der Waals surface area contributed by atoms with Crippen molar-refractivity contribution in [2.75, 3.05) is 25.1 Å². The minimum absolute atomic E-state index is 0.118. The Hall–Kier alpha value is -3.35. The molecule has 2 rings (SSSR count). The van der Waals surface area contributed by atoms with Crippen LogP contribution in [-0.4, -0.2) is 37.4 Å². The standard InChI is InChI=1S/C22H26N2O5/c1-4-28-19-10-9-16(13-20(19)29-5-2)11-12-23-21(26)22(27)24-18-8-6-7-17(14-18)15(3)25/h6-10,13-14H,4-5,11-12H2,1-3H3,(H,23,26)(H,24,27). The third kappa shape index (κ3) is 6.64. The summed E-state index contributed by atoms with van der Waals surface area (Å²) >= 11 is 0. The second kappa shape index (κ2) is 10.8. The van der Waals surface area contributed by atoms with Crippen LogP contribution < -0.4 is 20.1 Å². The van der Waals surface area contributed by atoms with Crippen LogP contribution in [0.3, 0.4) is 0 Å². The van der Waals surface area contributed by atoms with Crippen molar-refractivity contribution < 1.29 is 23.9 Å².